The number of halogens is 2. The van der Waals surface area contributed by atoms with Gasteiger partial charge in [0.1, 0.15) is 28.5 Å². The van der Waals surface area contributed by atoms with Crippen LogP contribution in [0, 0.1) is 5.82 Å². The number of carboxylic acids is 1. The number of thioether (sulfide) groups is 2. The molecule has 2 amide bonds. The van der Waals surface area contributed by atoms with Gasteiger partial charge in [-0.25, -0.2) is 9.18 Å². The third kappa shape index (κ3) is 4.95. The summed E-state index contributed by atoms with van der Waals surface area (Å²) in [4.78, 5) is 79.3. The van der Waals surface area contributed by atoms with Gasteiger partial charge in [-0.2, -0.15) is 4.98 Å². The van der Waals surface area contributed by atoms with Gasteiger partial charge in [-0.05, 0) is 24.6 Å². The molecule has 1 aromatic carbocycles. The molecule has 41 heavy (non-hydrogen) atoms. The molecule has 2 aliphatic heterocycles. The van der Waals surface area contributed by atoms with Gasteiger partial charge in [-0.1, -0.05) is 23.4 Å². The topological polar surface area (TPSA) is 176 Å². The SMILES string of the molecule is CCn1cc(C(=O)NC2C(=O)N3C(C(=O)O)=C(CSc4nc(=O)c(=O)[nH]n4C)CS[C@@H]23)c(=O)c2cc(F)c(Cl)cc21. The lowest BCUT2D eigenvalue weighted by atomic mass is 10.0. The average molecular weight is 623 g/mol. The van der Waals surface area contributed by atoms with Crippen molar-refractivity contribution in [2.75, 3.05) is 11.5 Å². The van der Waals surface area contributed by atoms with Gasteiger partial charge in [0.2, 0.25) is 5.43 Å². The van der Waals surface area contributed by atoms with Gasteiger partial charge < -0.3 is 15.0 Å². The fourth-order valence-electron chi connectivity index (χ4n) is 4.56. The summed E-state index contributed by atoms with van der Waals surface area (Å²) in [7, 11) is 1.47. The third-order valence-electron chi connectivity index (χ3n) is 6.57. The first kappa shape index (κ1) is 28.6. The Balaban J connectivity index is 1.38. The van der Waals surface area contributed by atoms with E-state index in [4.69, 9.17) is 11.6 Å². The third-order valence-corrected chi connectivity index (χ3v) is 9.31. The summed E-state index contributed by atoms with van der Waals surface area (Å²) in [6.07, 6.45) is 1.30. The first-order valence-electron chi connectivity index (χ1n) is 12.0. The van der Waals surface area contributed by atoms with E-state index in [1.807, 2.05) is 0 Å². The van der Waals surface area contributed by atoms with E-state index in [-0.39, 0.29) is 38.3 Å². The minimum absolute atomic E-state index is 0.0530. The zero-order chi connectivity index (χ0) is 29.7. The van der Waals surface area contributed by atoms with Crippen molar-refractivity contribution in [2.45, 2.75) is 30.0 Å². The summed E-state index contributed by atoms with van der Waals surface area (Å²) in [5, 5.41) is 13.9. The molecular formula is C24H20ClFN6O7S2. The molecule has 0 aliphatic carbocycles. The van der Waals surface area contributed by atoms with Crippen LogP contribution in [0.25, 0.3) is 10.9 Å². The molecule has 2 atom stereocenters. The largest absolute Gasteiger partial charge is 0.477 e. The molecule has 13 nitrogen and oxygen atoms in total. The maximum Gasteiger partial charge on any atom is 0.352 e. The summed E-state index contributed by atoms with van der Waals surface area (Å²) in [5.41, 5.74) is -2.47. The molecule has 4 heterocycles. The number of aryl methyl sites for hydroxylation is 2. The number of aliphatic carboxylic acids is 1. The number of benzene rings is 1. The second-order valence-electron chi connectivity index (χ2n) is 9.05. The van der Waals surface area contributed by atoms with Gasteiger partial charge >= 0.3 is 17.1 Å². The molecule has 2 aromatic heterocycles. The molecule has 17 heteroatoms. The number of rotatable bonds is 7. The zero-order valence-electron chi connectivity index (χ0n) is 21.3. The van der Waals surface area contributed by atoms with Crippen LogP contribution in [0.3, 0.4) is 0 Å². The molecule has 0 saturated carbocycles. The lowest BCUT2D eigenvalue weighted by molar-refractivity contribution is -0.148. The maximum absolute atomic E-state index is 14.1. The number of fused-ring (bicyclic) bond motifs is 2. The van der Waals surface area contributed by atoms with Crippen molar-refractivity contribution in [3.05, 3.63) is 76.9 Å². The van der Waals surface area contributed by atoms with E-state index in [1.165, 1.54) is 35.8 Å². The van der Waals surface area contributed by atoms with E-state index in [1.54, 1.807) is 11.5 Å². The number of pyridine rings is 1. The van der Waals surface area contributed by atoms with Crippen LogP contribution in [0.1, 0.15) is 17.3 Å². The normalized spacial score (nSPS) is 18.3. The molecule has 3 N–H and O–H groups in total. The number of hydrogen-bond acceptors (Lipinski definition) is 9. The number of carbonyl (C=O) groups is 3. The van der Waals surface area contributed by atoms with Gasteiger partial charge in [0, 0.05) is 36.7 Å². The van der Waals surface area contributed by atoms with Crippen LogP contribution in [0.5, 0.6) is 0 Å². The van der Waals surface area contributed by atoms with Gasteiger partial charge in [-0.3, -0.25) is 38.7 Å². The van der Waals surface area contributed by atoms with Crippen molar-refractivity contribution in [1.29, 1.82) is 0 Å². The van der Waals surface area contributed by atoms with Crippen molar-refractivity contribution < 1.29 is 23.9 Å². The Bertz CT molecular complexity index is 1870. The summed E-state index contributed by atoms with van der Waals surface area (Å²) in [6.45, 7) is 2.10. The molecular weight excluding hydrogens is 603 g/mol. The summed E-state index contributed by atoms with van der Waals surface area (Å²) in [6, 6.07) is 1.15. The number of carboxylic acid groups (broad SMARTS) is 1. The van der Waals surface area contributed by atoms with E-state index in [0.29, 0.717) is 17.6 Å². The van der Waals surface area contributed by atoms with E-state index in [2.05, 4.69) is 15.4 Å². The van der Waals surface area contributed by atoms with Crippen molar-refractivity contribution in [3.63, 3.8) is 0 Å². The Kier molecular flexibility index (Phi) is 7.56. The fraction of sp³-hybridized carbons (Fsp3) is 0.292. The number of nitrogens with one attached hydrogen (secondary N) is 2. The zero-order valence-corrected chi connectivity index (χ0v) is 23.7. The Hall–Kier alpha value is -3.89. The highest BCUT2D eigenvalue weighted by molar-refractivity contribution is 8.01. The van der Waals surface area contributed by atoms with Crippen LogP contribution in [0.4, 0.5) is 4.39 Å². The molecule has 3 aromatic rings. The van der Waals surface area contributed by atoms with Gasteiger partial charge in [0.15, 0.2) is 5.16 Å². The van der Waals surface area contributed by atoms with Crippen molar-refractivity contribution in [2.24, 2.45) is 7.05 Å². The first-order valence-corrected chi connectivity index (χ1v) is 14.4. The number of aromatic nitrogens is 4. The highest BCUT2D eigenvalue weighted by Gasteiger charge is 2.54. The van der Waals surface area contributed by atoms with E-state index in [0.717, 1.165) is 22.7 Å². The molecule has 1 saturated heterocycles. The van der Waals surface area contributed by atoms with E-state index < -0.39 is 51.6 Å². The summed E-state index contributed by atoms with van der Waals surface area (Å²) in [5.74, 6) is -3.47. The predicted octanol–water partition coefficient (Wildman–Crippen LogP) is 0.740. The number of amides is 2. The highest BCUT2D eigenvalue weighted by atomic mass is 35.5. The van der Waals surface area contributed by atoms with Crippen molar-refractivity contribution in [3.8, 4) is 0 Å². The number of aromatic amines is 1. The predicted molar refractivity (Wildman–Crippen MR) is 149 cm³/mol. The molecule has 0 bridgehead atoms. The standard InChI is InChI=1S/C24H20ClFN6O7S2/c1-3-31-6-11(17(33)10-4-13(26)12(25)5-14(10)31)18(34)27-15-21(37)32-16(23(38)39)9(7-40-22(15)32)8-41-24-28-19(35)20(36)29-30(24)2/h4-6,15,22H,3,7-8H2,1-2H3,(H,27,34)(H,29,36)(H,38,39)/t15?,22-/m0/s1. The molecule has 0 radical (unpaired) electrons. The monoisotopic (exact) mass is 622 g/mol. The quantitative estimate of drug-likeness (QED) is 0.193. The molecule has 214 valence electrons. The first-order chi connectivity index (χ1) is 19.4. The van der Waals surface area contributed by atoms with Crippen LogP contribution in [0.15, 0.2) is 49.1 Å². The second kappa shape index (κ2) is 10.8. The summed E-state index contributed by atoms with van der Waals surface area (Å²) < 4.78 is 16.9. The number of H-pyrrole nitrogens is 1. The van der Waals surface area contributed by atoms with Gasteiger partial charge in [-0.15, -0.1) is 11.8 Å². The lowest BCUT2D eigenvalue weighted by Gasteiger charge is -2.49. The molecule has 1 fully saturated rings. The van der Waals surface area contributed by atoms with Crippen molar-refractivity contribution >= 4 is 63.8 Å². The van der Waals surface area contributed by atoms with Crippen molar-refractivity contribution in [1.82, 2.24) is 29.5 Å². The van der Waals surface area contributed by atoms with Crippen LogP contribution < -0.4 is 21.9 Å². The average Bonchev–Trinajstić information content (AvgIpc) is 2.93. The number of β-lactam (4-membered cyclic amide) rings is 1. The Morgan fingerprint density at radius 1 is 1.29 bits per heavy atom. The molecule has 1 unspecified atom stereocenters. The Morgan fingerprint density at radius 3 is 2.71 bits per heavy atom. The Morgan fingerprint density at radius 2 is 2.02 bits per heavy atom. The van der Waals surface area contributed by atoms with Crippen LogP contribution in [-0.4, -0.2) is 70.0 Å². The number of carbonyl (C=O) groups excluding carboxylic acids is 2. The molecule has 2 aliphatic rings. The fourth-order valence-corrected chi connectivity index (χ4v) is 7.12. The highest BCUT2D eigenvalue weighted by Crippen LogP contribution is 2.41. The Labute approximate surface area is 242 Å². The van der Waals surface area contributed by atoms with Gasteiger partial charge in [0.25, 0.3) is 11.8 Å². The van der Waals surface area contributed by atoms with Gasteiger partial charge in [0.05, 0.1) is 10.5 Å². The lowest BCUT2D eigenvalue weighted by Crippen LogP contribution is -2.70. The molecule has 5 rings (SSSR count). The van der Waals surface area contributed by atoms with Crippen LogP contribution in [-0.2, 0) is 23.2 Å². The number of nitrogens with zero attached hydrogens (tertiary/aromatic N) is 4. The maximum atomic E-state index is 14.1. The molecule has 0 spiro atoms. The van der Waals surface area contributed by atoms with E-state index >= 15 is 0 Å². The minimum Gasteiger partial charge on any atom is -0.477 e. The summed E-state index contributed by atoms with van der Waals surface area (Å²) >= 11 is 8.10. The smallest absolute Gasteiger partial charge is 0.352 e. The van der Waals surface area contributed by atoms with Crippen LogP contribution >= 0.6 is 35.1 Å². The van der Waals surface area contributed by atoms with Crippen LogP contribution in [0.2, 0.25) is 5.02 Å². The minimum atomic E-state index is -1.35. The number of hydrogen-bond donors (Lipinski definition) is 3. The van der Waals surface area contributed by atoms with E-state index in [9.17, 15) is 38.3 Å². The second-order valence-corrected chi connectivity index (χ2v) is 11.5.